The first-order valence-corrected chi connectivity index (χ1v) is 9.34. The van der Waals surface area contributed by atoms with Gasteiger partial charge in [0.2, 0.25) is 12.7 Å². The molecular formula is C21H19N3O6. The molecule has 2 heterocycles. The Morgan fingerprint density at radius 1 is 1.00 bits per heavy atom. The SMILES string of the molecule is CC(NC(=O)CN1C(=O)C(=O)N(Cc2ccccc2)C1=O)c1ccc2c(c1)OCO2. The molecule has 154 valence electrons. The van der Waals surface area contributed by atoms with Crippen molar-refractivity contribution in [2.24, 2.45) is 0 Å². The second-order valence-corrected chi connectivity index (χ2v) is 6.95. The van der Waals surface area contributed by atoms with Crippen molar-refractivity contribution >= 4 is 23.8 Å². The minimum Gasteiger partial charge on any atom is -0.454 e. The summed E-state index contributed by atoms with van der Waals surface area (Å²) in [5.74, 6) is -1.30. The molecule has 2 aliphatic heterocycles. The van der Waals surface area contributed by atoms with Gasteiger partial charge in [0.1, 0.15) is 6.54 Å². The van der Waals surface area contributed by atoms with Gasteiger partial charge in [0.15, 0.2) is 11.5 Å². The largest absolute Gasteiger partial charge is 0.454 e. The standard InChI is InChI=1S/C21H19N3O6/c1-13(15-7-8-16-17(9-15)30-12-29-16)22-18(25)11-24-20(27)19(26)23(21(24)28)10-14-5-3-2-4-6-14/h2-9,13H,10-12H2,1H3,(H,22,25). The van der Waals surface area contributed by atoms with Gasteiger partial charge in [-0.1, -0.05) is 36.4 Å². The van der Waals surface area contributed by atoms with Crippen LogP contribution >= 0.6 is 0 Å². The van der Waals surface area contributed by atoms with E-state index in [0.717, 1.165) is 10.5 Å². The fourth-order valence-corrected chi connectivity index (χ4v) is 3.29. The second kappa shape index (κ2) is 7.86. The number of ether oxygens (including phenoxy) is 2. The Labute approximate surface area is 172 Å². The summed E-state index contributed by atoms with van der Waals surface area (Å²) in [7, 11) is 0. The highest BCUT2D eigenvalue weighted by molar-refractivity contribution is 6.44. The number of nitrogens with zero attached hydrogens (tertiary/aromatic N) is 2. The Hall–Kier alpha value is -3.88. The van der Waals surface area contributed by atoms with Crippen molar-refractivity contribution in [3.05, 3.63) is 59.7 Å². The van der Waals surface area contributed by atoms with Crippen molar-refractivity contribution < 1.29 is 28.7 Å². The summed E-state index contributed by atoms with van der Waals surface area (Å²) < 4.78 is 10.6. The number of hydrogen-bond acceptors (Lipinski definition) is 6. The van der Waals surface area contributed by atoms with Crippen LogP contribution in [-0.4, -0.2) is 46.9 Å². The van der Waals surface area contributed by atoms with E-state index in [0.29, 0.717) is 22.0 Å². The van der Waals surface area contributed by atoms with Crippen molar-refractivity contribution in [2.75, 3.05) is 13.3 Å². The highest BCUT2D eigenvalue weighted by atomic mass is 16.7. The molecule has 4 rings (SSSR count). The minimum atomic E-state index is -1.01. The summed E-state index contributed by atoms with van der Waals surface area (Å²) >= 11 is 0. The van der Waals surface area contributed by atoms with Crippen molar-refractivity contribution in [3.63, 3.8) is 0 Å². The fraction of sp³-hybridized carbons (Fsp3) is 0.238. The average Bonchev–Trinajstić information content (AvgIpc) is 3.29. The molecule has 2 aromatic carbocycles. The third kappa shape index (κ3) is 3.69. The third-order valence-electron chi connectivity index (χ3n) is 4.89. The lowest BCUT2D eigenvalue weighted by molar-refractivity contribution is -0.144. The lowest BCUT2D eigenvalue weighted by Crippen LogP contribution is -2.42. The quantitative estimate of drug-likeness (QED) is 0.574. The number of rotatable bonds is 6. The van der Waals surface area contributed by atoms with E-state index in [2.05, 4.69) is 5.32 Å². The number of benzene rings is 2. The minimum absolute atomic E-state index is 0.0318. The van der Waals surface area contributed by atoms with E-state index in [9.17, 15) is 19.2 Å². The van der Waals surface area contributed by atoms with Crippen LogP contribution in [0.4, 0.5) is 4.79 Å². The molecule has 1 fully saturated rings. The number of imide groups is 2. The molecule has 2 aliphatic rings. The van der Waals surface area contributed by atoms with Gasteiger partial charge in [-0.05, 0) is 30.2 Å². The molecule has 1 saturated heterocycles. The van der Waals surface area contributed by atoms with Crippen LogP contribution in [0.3, 0.4) is 0 Å². The number of carbonyl (C=O) groups excluding carboxylic acids is 4. The molecule has 0 aliphatic carbocycles. The molecule has 2 aromatic rings. The molecule has 1 unspecified atom stereocenters. The van der Waals surface area contributed by atoms with E-state index in [1.807, 2.05) is 0 Å². The average molecular weight is 409 g/mol. The number of amides is 5. The van der Waals surface area contributed by atoms with Gasteiger partial charge in [-0.3, -0.25) is 19.3 Å². The second-order valence-electron chi connectivity index (χ2n) is 6.95. The van der Waals surface area contributed by atoms with Crippen LogP contribution in [0.15, 0.2) is 48.5 Å². The summed E-state index contributed by atoms with van der Waals surface area (Å²) in [6, 6.07) is 12.9. The number of carbonyl (C=O) groups is 4. The van der Waals surface area contributed by atoms with Crippen LogP contribution in [0.25, 0.3) is 0 Å². The van der Waals surface area contributed by atoms with Crippen LogP contribution in [0, 0.1) is 0 Å². The fourth-order valence-electron chi connectivity index (χ4n) is 3.29. The lowest BCUT2D eigenvalue weighted by atomic mass is 10.1. The normalized spacial score (nSPS) is 16.2. The van der Waals surface area contributed by atoms with E-state index >= 15 is 0 Å². The van der Waals surface area contributed by atoms with Crippen LogP contribution in [0.5, 0.6) is 11.5 Å². The van der Waals surface area contributed by atoms with Gasteiger partial charge in [-0.15, -0.1) is 0 Å². The zero-order chi connectivity index (χ0) is 21.3. The van der Waals surface area contributed by atoms with E-state index in [-0.39, 0.29) is 13.3 Å². The molecule has 1 N–H and O–H groups in total. The maximum absolute atomic E-state index is 12.5. The maximum Gasteiger partial charge on any atom is 0.335 e. The van der Waals surface area contributed by atoms with Gasteiger partial charge >= 0.3 is 17.8 Å². The zero-order valence-corrected chi connectivity index (χ0v) is 16.2. The molecule has 0 radical (unpaired) electrons. The number of fused-ring (bicyclic) bond motifs is 1. The monoisotopic (exact) mass is 409 g/mol. The number of nitrogens with one attached hydrogen (secondary N) is 1. The summed E-state index contributed by atoms with van der Waals surface area (Å²) in [5.41, 5.74) is 1.48. The zero-order valence-electron chi connectivity index (χ0n) is 16.2. The predicted octanol–water partition coefficient (Wildman–Crippen LogP) is 1.58. The Kier molecular flexibility index (Phi) is 5.09. The van der Waals surface area contributed by atoms with E-state index in [4.69, 9.17) is 9.47 Å². The van der Waals surface area contributed by atoms with Crippen molar-refractivity contribution in [1.82, 2.24) is 15.1 Å². The Bertz CT molecular complexity index is 1020. The van der Waals surface area contributed by atoms with Crippen LogP contribution in [0.2, 0.25) is 0 Å². The van der Waals surface area contributed by atoms with E-state index < -0.39 is 36.3 Å². The first-order valence-electron chi connectivity index (χ1n) is 9.34. The molecular weight excluding hydrogens is 390 g/mol. The van der Waals surface area contributed by atoms with Crippen molar-refractivity contribution in [1.29, 1.82) is 0 Å². The molecule has 0 aromatic heterocycles. The molecule has 30 heavy (non-hydrogen) atoms. The Balaban J connectivity index is 1.39. The lowest BCUT2D eigenvalue weighted by Gasteiger charge is -2.18. The Morgan fingerprint density at radius 2 is 1.70 bits per heavy atom. The van der Waals surface area contributed by atoms with E-state index in [1.165, 1.54) is 0 Å². The van der Waals surface area contributed by atoms with Gasteiger partial charge in [0.25, 0.3) is 0 Å². The molecule has 9 heteroatoms. The molecule has 1 atom stereocenters. The molecule has 5 amide bonds. The van der Waals surface area contributed by atoms with Crippen molar-refractivity contribution in [2.45, 2.75) is 19.5 Å². The number of hydrogen-bond donors (Lipinski definition) is 1. The third-order valence-corrected chi connectivity index (χ3v) is 4.89. The van der Waals surface area contributed by atoms with Gasteiger partial charge in [0, 0.05) is 0 Å². The maximum atomic E-state index is 12.5. The van der Waals surface area contributed by atoms with Crippen LogP contribution in [0.1, 0.15) is 24.1 Å². The van der Waals surface area contributed by atoms with E-state index in [1.54, 1.807) is 55.5 Å². The topological polar surface area (TPSA) is 105 Å². The smallest absolute Gasteiger partial charge is 0.335 e. The molecule has 0 bridgehead atoms. The molecule has 0 saturated carbocycles. The van der Waals surface area contributed by atoms with Crippen molar-refractivity contribution in [3.8, 4) is 11.5 Å². The summed E-state index contributed by atoms with van der Waals surface area (Å²) in [5, 5.41) is 2.72. The first-order chi connectivity index (χ1) is 14.4. The van der Waals surface area contributed by atoms with Gasteiger partial charge < -0.3 is 14.8 Å². The van der Waals surface area contributed by atoms with Gasteiger partial charge in [0.05, 0.1) is 12.6 Å². The molecule has 0 spiro atoms. The highest BCUT2D eigenvalue weighted by Crippen LogP contribution is 2.34. The van der Waals surface area contributed by atoms with Gasteiger partial charge in [-0.2, -0.15) is 0 Å². The molecule has 9 nitrogen and oxygen atoms in total. The highest BCUT2D eigenvalue weighted by Gasteiger charge is 2.45. The first kappa shape index (κ1) is 19.4. The summed E-state index contributed by atoms with van der Waals surface area (Å²) in [6.07, 6.45) is 0. The van der Waals surface area contributed by atoms with Gasteiger partial charge in [-0.25, -0.2) is 9.69 Å². The Morgan fingerprint density at radius 3 is 2.47 bits per heavy atom. The summed E-state index contributed by atoms with van der Waals surface area (Å²) in [6.45, 7) is 1.34. The summed E-state index contributed by atoms with van der Waals surface area (Å²) in [4.78, 5) is 50.9. The van der Waals surface area contributed by atoms with Crippen LogP contribution in [-0.2, 0) is 20.9 Å². The van der Waals surface area contributed by atoms with Crippen LogP contribution < -0.4 is 14.8 Å². The predicted molar refractivity (Wildman–Crippen MR) is 103 cm³/mol. The number of urea groups is 1.